The molecule has 0 aromatic heterocycles. The number of likely N-dealkylation sites (tertiary alicyclic amines) is 1. The van der Waals surface area contributed by atoms with Crippen molar-refractivity contribution in [2.24, 2.45) is 11.1 Å². The third-order valence-electron chi connectivity index (χ3n) is 6.92. The van der Waals surface area contributed by atoms with E-state index in [0.717, 1.165) is 65.0 Å². The molecule has 3 rings (SSSR count). The summed E-state index contributed by atoms with van der Waals surface area (Å²) in [6, 6.07) is 0. The van der Waals surface area contributed by atoms with Crippen molar-refractivity contribution in [3.05, 3.63) is 0 Å². The molecule has 0 atom stereocenters. The van der Waals surface area contributed by atoms with Crippen LogP contribution in [0.3, 0.4) is 0 Å². The van der Waals surface area contributed by atoms with Gasteiger partial charge in [0.2, 0.25) is 11.8 Å². The van der Waals surface area contributed by atoms with Crippen LogP contribution in [0.5, 0.6) is 0 Å². The van der Waals surface area contributed by atoms with Crippen molar-refractivity contribution in [3.8, 4) is 0 Å². The summed E-state index contributed by atoms with van der Waals surface area (Å²) in [5, 5.41) is 0. The van der Waals surface area contributed by atoms with Crippen molar-refractivity contribution in [1.29, 1.82) is 0 Å². The van der Waals surface area contributed by atoms with Crippen molar-refractivity contribution < 1.29 is 9.59 Å². The molecule has 27 heavy (non-hydrogen) atoms. The maximum absolute atomic E-state index is 12.8. The quantitative estimate of drug-likeness (QED) is 0.792. The van der Waals surface area contributed by atoms with Gasteiger partial charge >= 0.3 is 0 Å². The molecule has 6 heteroatoms. The van der Waals surface area contributed by atoms with Gasteiger partial charge in [-0.2, -0.15) is 0 Å². The number of carbonyl (C=O) groups is 2. The van der Waals surface area contributed by atoms with Crippen LogP contribution in [0.2, 0.25) is 0 Å². The smallest absolute Gasteiger partial charge is 0.236 e. The summed E-state index contributed by atoms with van der Waals surface area (Å²) in [7, 11) is 0. The van der Waals surface area contributed by atoms with Crippen LogP contribution in [0.15, 0.2) is 0 Å². The fourth-order valence-electron chi connectivity index (χ4n) is 4.95. The van der Waals surface area contributed by atoms with E-state index in [0.29, 0.717) is 19.5 Å². The van der Waals surface area contributed by atoms with Crippen LogP contribution in [0, 0.1) is 5.41 Å². The zero-order valence-corrected chi connectivity index (χ0v) is 17.0. The molecule has 2 amide bonds. The summed E-state index contributed by atoms with van der Waals surface area (Å²) < 4.78 is 0. The Morgan fingerprint density at radius 3 is 1.85 bits per heavy atom. The van der Waals surface area contributed by atoms with Gasteiger partial charge in [0, 0.05) is 45.7 Å². The highest BCUT2D eigenvalue weighted by Crippen LogP contribution is 2.38. The van der Waals surface area contributed by atoms with E-state index in [1.54, 1.807) is 0 Å². The fraction of sp³-hybridized carbons (Fsp3) is 0.905. The molecule has 2 N–H and O–H groups in total. The molecule has 0 unspecified atom stereocenters. The van der Waals surface area contributed by atoms with E-state index in [4.69, 9.17) is 5.73 Å². The Labute approximate surface area is 164 Å². The van der Waals surface area contributed by atoms with E-state index >= 15 is 0 Å². The summed E-state index contributed by atoms with van der Waals surface area (Å²) >= 11 is 0. The van der Waals surface area contributed by atoms with Crippen molar-refractivity contribution in [2.75, 3.05) is 52.4 Å². The Hall–Kier alpha value is -1.14. The number of hydrogen-bond acceptors (Lipinski definition) is 4. The zero-order chi connectivity index (χ0) is 19.1. The topological polar surface area (TPSA) is 69.9 Å². The highest BCUT2D eigenvalue weighted by molar-refractivity contribution is 5.79. The number of carbonyl (C=O) groups excluding carboxylic acids is 2. The van der Waals surface area contributed by atoms with Gasteiger partial charge in [0.05, 0.1) is 6.54 Å². The zero-order valence-electron chi connectivity index (χ0n) is 17.0. The maximum atomic E-state index is 12.8. The monoisotopic (exact) mass is 378 g/mol. The largest absolute Gasteiger partial charge is 0.342 e. The lowest BCUT2D eigenvalue weighted by Crippen LogP contribution is -2.52. The van der Waals surface area contributed by atoms with E-state index < -0.39 is 0 Å². The SMILES string of the molecule is NCC1(CC(=O)N2CCN(CC(=O)N3CCCCCC3)CC2)CCCCC1. The first-order chi connectivity index (χ1) is 13.1. The Morgan fingerprint density at radius 1 is 0.704 bits per heavy atom. The first-order valence-electron chi connectivity index (χ1n) is 11.1. The number of hydrogen-bond donors (Lipinski definition) is 1. The second-order valence-corrected chi connectivity index (χ2v) is 8.89. The van der Waals surface area contributed by atoms with E-state index in [1.165, 1.54) is 32.1 Å². The second kappa shape index (κ2) is 9.87. The van der Waals surface area contributed by atoms with Crippen LogP contribution in [-0.2, 0) is 9.59 Å². The first-order valence-corrected chi connectivity index (χ1v) is 11.1. The number of nitrogens with zero attached hydrogens (tertiary/aromatic N) is 3. The molecule has 0 aromatic rings. The minimum Gasteiger partial charge on any atom is -0.342 e. The van der Waals surface area contributed by atoms with Crippen LogP contribution >= 0.6 is 0 Å². The van der Waals surface area contributed by atoms with Gasteiger partial charge in [-0.05, 0) is 37.6 Å². The lowest BCUT2D eigenvalue weighted by molar-refractivity contribution is -0.137. The molecule has 2 heterocycles. The van der Waals surface area contributed by atoms with Crippen molar-refractivity contribution in [1.82, 2.24) is 14.7 Å². The molecule has 0 radical (unpaired) electrons. The lowest BCUT2D eigenvalue weighted by Gasteiger charge is -2.40. The first kappa shape index (κ1) is 20.6. The van der Waals surface area contributed by atoms with Gasteiger partial charge in [-0.3, -0.25) is 14.5 Å². The molecule has 0 spiro atoms. The number of rotatable bonds is 5. The summed E-state index contributed by atoms with van der Waals surface area (Å²) in [5.74, 6) is 0.529. The molecule has 2 aliphatic heterocycles. The standard InChI is InChI=1S/C21H38N4O2/c22-18-21(8-4-3-5-9-21)16-19(26)25-14-12-23(13-15-25)17-20(27)24-10-6-1-2-7-11-24/h1-18,22H2. The second-order valence-electron chi connectivity index (χ2n) is 8.89. The third-order valence-corrected chi connectivity index (χ3v) is 6.92. The van der Waals surface area contributed by atoms with Crippen molar-refractivity contribution >= 4 is 11.8 Å². The number of piperazine rings is 1. The van der Waals surface area contributed by atoms with Crippen molar-refractivity contribution in [3.63, 3.8) is 0 Å². The summed E-state index contributed by atoms with van der Waals surface area (Å²) in [5.41, 5.74) is 6.09. The molecule has 1 saturated carbocycles. The van der Waals surface area contributed by atoms with Crippen LogP contribution in [0.4, 0.5) is 0 Å². The van der Waals surface area contributed by atoms with E-state index in [2.05, 4.69) is 4.90 Å². The lowest BCUT2D eigenvalue weighted by atomic mass is 9.71. The molecule has 0 aromatic carbocycles. The minimum absolute atomic E-state index is 0.0369. The Balaban J connectivity index is 1.42. The summed E-state index contributed by atoms with van der Waals surface area (Å²) in [4.78, 5) is 31.6. The van der Waals surface area contributed by atoms with E-state index in [9.17, 15) is 9.59 Å². The highest BCUT2D eigenvalue weighted by Gasteiger charge is 2.35. The predicted molar refractivity (Wildman–Crippen MR) is 107 cm³/mol. The normalized spacial score (nSPS) is 24.5. The van der Waals surface area contributed by atoms with Crippen molar-refractivity contribution in [2.45, 2.75) is 64.2 Å². The molecule has 6 nitrogen and oxygen atoms in total. The number of amides is 2. The van der Waals surface area contributed by atoms with E-state index in [-0.39, 0.29) is 17.2 Å². The van der Waals surface area contributed by atoms with Gasteiger partial charge in [0.15, 0.2) is 0 Å². The molecule has 3 fully saturated rings. The fourth-order valence-corrected chi connectivity index (χ4v) is 4.95. The Bertz CT molecular complexity index is 488. The van der Waals surface area contributed by atoms with Gasteiger partial charge in [-0.25, -0.2) is 0 Å². The molecule has 1 aliphatic carbocycles. The average molecular weight is 379 g/mol. The van der Waals surface area contributed by atoms with Crippen LogP contribution < -0.4 is 5.73 Å². The van der Waals surface area contributed by atoms with Gasteiger partial charge in [-0.15, -0.1) is 0 Å². The highest BCUT2D eigenvalue weighted by atomic mass is 16.2. The van der Waals surface area contributed by atoms with E-state index in [1.807, 2.05) is 9.80 Å². The maximum Gasteiger partial charge on any atom is 0.236 e. The summed E-state index contributed by atoms with van der Waals surface area (Å²) in [6.45, 7) is 6.07. The average Bonchev–Trinajstić information content (AvgIpc) is 2.99. The van der Waals surface area contributed by atoms with Crippen LogP contribution in [0.25, 0.3) is 0 Å². The predicted octanol–water partition coefficient (Wildman–Crippen LogP) is 1.83. The van der Waals surface area contributed by atoms with Gasteiger partial charge in [0.25, 0.3) is 0 Å². The third kappa shape index (κ3) is 5.67. The Morgan fingerprint density at radius 2 is 1.26 bits per heavy atom. The molecule has 0 bridgehead atoms. The molecule has 2 saturated heterocycles. The summed E-state index contributed by atoms with van der Waals surface area (Å²) in [6.07, 6.45) is 11.3. The van der Waals surface area contributed by atoms with Crippen LogP contribution in [-0.4, -0.2) is 78.9 Å². The number of nitrogens with two attached hydrogens (primary N) is 1. The van der Waals surface area contributed by atoms with Gasteiger partial charge in [-0.1, -0.05) is 32.1 Å². The Kier molecular flexibility index (Phi) is 7.53. The van der Waals surface area contributed by atoms with Gasteiger partial charge < -0.3 is 15.5 Å². The minimum atomic E-state index is 0.0369. The van der Waals surface area contributed by atoms with Crippen LogP contribution in [0.1, 0.15) is 64.2 Å². The van der Waals surface area contributed by atoms with Gasteiger partial charge in [0.1, 0.15) is 0 Å². The molecular weight excluding hydrogens is 340 g/mol. The molecular formula is C21H38N4O2. The molecule has 154 valence electrons. The molecule has 3 aliphatic rings.